The largest absolute Gasteiger partial charge is 0.462 e. The Balaban J connectivity index is 2.89. The molecule has 1 unspecified atom stereocenters. The molecule has 1 rings (SSSR count). The predicted octanol–water partition coefficient (Wildman–Crippen LogP) is 2.07. The van der Waals surface area contributed by atoms with Gasteiger partial charge in [0.05, 0.1) is 30.5 Å². The van der Waals surface area contributed by atoms with Gasteiger partial charge in [-0.2, -0.15) is 0 Å². The van der Waals surface area contributed by atoms with E-state index in [1.807, 2.05) is 0 Å². The Kier molecular flexibility index (Phi) is 6.79. The van der Waals surface area contributed by atoms with Crippen molar-refractivity contribution >= 4 is 17.5 Å². The number of hydrogen-bond donors (Lipinski definition) is 2. The summed E-state index contributed by atoms with van der Waals surface area (Å²) in [4.78, 5) is 16.0. The van der Waals surface area contributed by atoms with Gasteiger partial charge in [-0.1, -0.05) is 13.3 Å². The van der Waals surface area contributed by atoms with Crippen LogP contribution in [0.4, 0.5) is 11.5 Å². The van der Waals surface area contributed by atoms with E-state index in [0.717, 1.165) is 12.8 Å². The summed E-state index contributed by atoms with van der Waals surface area (Å²) in [7, 11) is 1.65. The first kappa shape index (κ1) is 16.2. The van der Waals surface area contributed by atoms with Crippen molar-refractivity contribution in [3.05, 3.63) is 17.8 Å². The molecule has 20 heavy (non-hydrogen) atoms. The van der Waals surface area contributed by atoms with E-state index in [9.17, 15) is 4.79 Å². The maximum atomic E-state index is 11.8. The number of nitrogens with zero attached hydrogens (tertiary/aromatic N) is 1. The highest BCUT2D eigenvalue weighted by atomic mass is 16.5. The standard InChI is InChI=1S/C14H23N3O3/c1-4-6-10(9-19-3)17-13-12(15)11(7-8-16-13)14(18)20-5-2/h7-8,10H,4-6,9,15H2,1-3H3,(H,16,17). The van der Waals surface area contributed by atoms with Gasteiger partial charge in [-0.25, -0.2) is 9.78 Å². The average Bonchev–Trinajstić information content (AvgIpc) is 2.42. The molecule has 112 valence electrons. The molecular weight excluding hydrogens is 258 g/mol. The lowest BCUT2D eigenvalue weighted by atomic mass is 10.1. The SMILES string of the molecule is CCCC(COC)Nc1nccc(C(=O)OCC)c1N. The number of anilines is 2. The van der Waals surface area contributed by atoms with E-state index in [1.165, 1.54) is 0 Å². The summed E-state index contributed by atoms with van der Waals surface area (Å²) in [6.07, 6.45) is 3.48. The summed E-state index contributed by atoms with van der Waals surface area (Å²) in [5.74, 6) is 0.0558. The predicted molar refractivity (Wildman–Crippen MR) is 78.8 cm³/mol. The molecule has 0 amide bonds. The third-order valence-electron chi connectivity index (χ3n) is 2.83. The normalized spacial score (nSPS) is 11.9. The maximum Gasteiger partial charge on any atom is 0.340 e. The fourth-order valence-electron chi connectivity index (χ4n) is 1.92. The number of rotatable bonds is 8. The van der Waals surface area contributed by atoms with Gasteiger partial charge in [0.2, 0.25) is 0 Å². The van der Waals surface area contributed by atoms with Crippen LogP contribution in [-0.2, 0) is 9.47 Å². The van der Waals surface area contributed by atoms with E-state index < -0.39 is 5.97 Å². The van der Waals surface area contributed by atoms with E-state index >= 15 is 0 Å². The first-order valence-corrected chi connectivity index (χ1v) is 6.81. The minimum absolute atomic E-state index is 0.109. The van der Waals surface area contributed by atoms with Crippen LogP contribution in [-0.4, -0.2) is 37.3 Å². The van der Waals surface area contributed by atoms with Gasteiger partial charge >= 0.3 is 5.97 Å². The molecular formula is C14H23N3O3. The molecule has 1 atom stereocenters. The number of pyridine rings is 1. The Morgan fingerprint density at radius 1 is 1.50 bits per heavy atom. The maximum absolute atomic E-state index is 11.8. The first-order valence-electron chi connectivity index (χ1n) is 6.81. The topological polar surface area (TPSA) is 86.5 Å². The van der Waals surface area contributed by atoms with Crippen LogP contribution >= 0.6 is 0 Å². The van der Waals surface area contributed by atoms with E-state index in [4.69, 9.17) is 15.2 Å². The average molecular weight is 281 g/mol. The van der Waals surface area contributed by atoms with Gasteiger partial charge in [-0.3, -0.25) is 0 Å². The van der Waals surface area contributed by atoms with Gasteiger partial charge in [0.15, 0.2) is 0 Å². The van der Waals surface area contributed by atoms with Crippen LogP contribution in [0, 0.1) is 0 Å². The molecule has 0 saturated carbocycles. The Morgan fingerprint density at radius 3 is 2.85 bits per heavy atom. The van der Waals surface area contributed by atoms with E-state index in [-0.39, 0.29) is 6.04 Å². The smallest absolute Gasteiger partial charge is 0.340 e. The molecule has 1 aromatic rings. The molecule has 0 radical (unpaired) electrons. The zero-order valence-electron chi connectivity index (χ0n) is 12.3. The lowest BCUT2D eigenvalue weighted by Crippen LogP contribution is -2.26. The van der Waals surface area contributed by atoms with Gasteiger partial charge in [-0.15, -0.1) is 0 Å². The third-order valence-corrected chi connectivity index (χ3v) is 2.83. The van der Waals surface area contributed by atoms with Crippen molar-refractivity contribution < 1.29 is 14.3 Å². The Bertz CT molecular complexity index is 432. The second-order valence-corrected chi connectivity index (χ2v) is 4.43. The number of aromatic nitrogens is 1. The highest BCUT2D eigenvalue weighted by Crippen LogP contribution is 2.22. The zero-order valence-corrected chi connectivity index (χ0v) is 12.3. The zero-order chi connectivity index (χ0) is 15.0. The minimum atomic E-state index is -0.436. The number of ether oxygens (including phenoxy) is 2. The van der Waals surface area contributed by atoms with Gasteiger partial charge in [0, 0.05) is 13.3 Å². The van der Waals surface area contributed by atoms with Crippen LogP contribution in [0.5, 0.6) is 0 Å². The molecule has 0 bridgehead atoms. The lowest BCUT2D eigenvalue weighted by Gasteiger charge is -2.19. The molecule has 0 aromatic carbocycles. The molecule has 0 aliphatic carbocycles. The second kappa shape index (κ2) is 8.37. The van der Waals surface area contributed by atoms with E-state index in [0.29, 0.717) is 30.3 Å². The fourth-order valence-corrected chi connectivity index (χ4v) is 1.92. The molecule has 0 spiro atoms. The quantitative estimate of drug-likeness (QED) is 0.709. The van der Waals surface area contributed by atoms with Crippen LogP contribution in [0.25, 0.3) is 0 Å². The minimum Gasteiger partial charge on any atom is -0.462 e. The van der Waals surface area contributed by atoms with Gasteiger partial charge in [0.1, 0.15) is 5.82 Å². The van der Waals surface area contributed by atoms with Crippen molar-refractivity contribution in [3.63, 3.8) is 0 Å². The summed E-state index contributed by atoms with van der Waals surface area (Å²) in [5, 5.41) is 3.22. The number of nitrogens with one attached hydrogen (secondary N) is 1. The van der Waals surface area contributed by atoms with E-state index in [2.05, 4.69) is 17.2 Å². The molecule has 1 aromatic heterocycles. The summed E-state index contributed by atoms with van der Waals surface area (Å²) in [6.45, 7) is 4.71. The van der Waals surface area contributed by atoms with E-state index in [1.54, 1.807) is 26.3 Å². The van der Waals surface area contributed by atoms with Crippen LogP contribution in [0.2, 0.25) is 0 Å². The van der Waals surface area contributed by atoms with Gasteiger partial charge in [0.25, 0.3) is 0 Å². The third kappa shape index (κ3) is 4.38. The molecule has 6 heteroatoms. The Labute approximate surface area is 119 Å². The van der Waals surface area contributed by atoms with Gasteiger partial charge in [-0.05, 0) is 19.4 Å². The molecule has 0 saturated heterocycles. The number of methoxy groups -OCH3 is 1. The number of esters is 1. The molecule has 0 aliphatic rings. The molecule has 6 nitrogen and oxygen atoms in total. The van der Waals surface area contributed by atoms with Crippen molar-refractivity contribution in [2.24, 2.45) is 0 Å². The van der Waals surface area contributed by atoms with Crippen molar-refractivity contribution in [1.82, 2.24) is 4.98 Å². The number of hydrogen-bond acceptors (Lipinski definition) is 6. The molecule has 0 aliphatic heterocycles. The van der Waals surface area contributed by atoms with Crippen molar-refractivity contribution in [2.45, 2.75) is 32.7 Å². The van der Waals surface area contributed by atoms with Crippen LogP contribution in [0.1, 0.15) is 37.0 Å². The van der Waals surface area contributed by atoms with Crippen molar-refractivity contribution in [3.8, 4) is 0 Å². The number of carbonyl (C=O) groups is 1. The number of nitrogen functional groups attached to an aromatic ring is 1. The number of nitrogens with two attached hydrogens (primary N) is 1. The van der Waals surface area contributed by atoms with Crippen LogP contribution < -0.4 is 11.1 Å². The second-order valence-electron chi connectivity index (χ2n) is 4.43. The van der Waals surface area contributed by atoms with Gasteiger partial charge < -0.3 is 20.5 Å². The van der Waals surface area contributed by atoms with Crippen LogP contribution in [0.15, 0.2) is 12.3 Å². The Hall–Kier alpha value is -1.82. The van der Waals surface area contributed by atoms with Crippen molar-refractivity contribution in [1.29, 1.82) is 0 Å². The monoisotopic (exact) mass is 281 g/mol. The first-order chi connectivity index (χ1) is 9.63. The number of carbonyl (C=O) groups excluding carboxylic acids is 1. The Morgan fingerprint density at radius 2 is 2.25 bits per heavy atom. The summed E-state index contributed by atoms with van der Waals surface area (Å²) >= 11 is 0. The summed E-state index contributed by atoms with van der Waals surface area (Å²) < 4.78 is 10.1. The molecule has 3 N–H and O–H groups in total. The summed E-state index contributed by atoms with van der Waals surface area (Å²) in [6, 6.07) is 1.67. The van der Waals surface area contributed by atoms with Crippen molar-refractivity contribution in [2.75, 3.05) is 31.4 Å². The van der Waals surface area contributed by atoms with Crippen LogP contribution in [0.3, 0.4) is 0 Å². The highest BCUT2D eigenvalue weighted by molar-refractivity contribution is 5.97. The molecule has 0 fully saturated rings. The fraction of sp³-hybridized carbons (Fsp3) is 0.571. The highest BCUT2D eigenvalue weighted by Gasteiger charge is 2.16. The molecule has 1 heterocycles. The lowest BCUT2D eigenvalue weighted by molar-refractivity contribution is 0.0527. The summed E-state index contributed by atoms with van der Waals surface area (Å²) in [5.41, 5.74) is 6.63.